The van der Waals surface area contributed by atoms with Gasteiger partial charge in [0.05, 0.1) is 11.3 Å². The van der Waals surface area contributed by atoms with E-state index in [1.807, 2.05) is 60.7 Å². The highest BCUT2D eigenvalue weighted by Gasteiger charge is 2.14. The quantitative estimate of drug-likeness (QED) is 0.388. The summed E-state index contributed by atoms with van der Waals surface area (Å²) in [7, 11) is 0. The molecule has 5 heteroatoms. The smallest absolute Gasteiger partial charge is 0.337 e. The number of para-hydroxylation sites is 1. The SMILES string of the molecule is O=C(Nc1ccc(C#Cc2ccccc2)cc1C(=O)O)c1ccc(Oc2ccccc2)cc1. The van der Waals surface area contributed by atoms with E-state index in [4.69, 9.17) is 4.74 Å². The minimum atomic E-state index is -1.15. The van der Waals surface area contributed by atoms with Gasteiger partial charge in [0.1, 0.15) is 11.5 Å². The number of carboxylic acids is 1. The summed E-state index contributed by atoms with van der Waals surface area (Å²) in [6.45, 7) is 0. The fourth-order valence-electron chi connectivity index (χ4n) is 3.07. The number of carbonyl (C=O) groups is 2. The van der Waals surface area contributed by atoms with Gasteiger partial charge in [-0.2, -0.15) is 0 Å². The number of aromatic carboxylic acids is 1. The molecule has 4 rings (SSSR count). The van der Waals surface area contributed by atoms with E-state index >= 15 is 0 Å². The molecule has 0 aliphatic heterocycles. The van der Waals surface area contributed by atoms with Gasteiger partial charge in [-0.1, -0.05) is 48.2 Å². The number of hydrogen-bond donors (Lipinski definition) is 2. The molecular formula is C28H19NO4. The van der Waals surface area contributed by atoms with Crippen LogP contribution >= 0.6 is 0 Å². The van der Waals surface area contributed by atoms with Gasteiger partial charge < -0.3 is 15.2 Å². The lowest BCUT2D eigenvalue weighted by Crippen LogP contribution is -2.15. The van der Waals surface area contributed by atoms with Crippen LogP contribution in [-0.2, 0) is 0 Å². The van der Waals surface area contributed by atoms with E-state index in [9.17, 15) is 14.7 Å². The lowest BCUT2D eigenvalue weighted by atomic mass is 10.1. The highest BCUT2D eigenvalue weighted by atomic mass is 16.5. The van der Waals surface area contributed by atoms with Crippen molar-refractivity contribution in [2.24, 2.45) is 0 Å². The Balaban J connectivity index is 1.49. The monoisotopic (exact) mass is 433 g/mol. The van der Waals surface area contributed by atoms with Crippen molar-refractivity contribution in [2.75, 3.05) is 5.32 Å². The molecule has 0 fully saturated rings. The first-order chi connectivity index (χ1) is 16.1. The van der Waals surface area contributed by atoms with Crippen LogP contribution in [0.1, 0.15) is 31.8 Å². The van der Waals surface area contributed by atoms with Crippen molar-refractivity contribution < 1.29 is 19.4 Å². The molecule has 0 unspecified atom stereocenters. The van der Waals surface area contributed by atoms with Crippen molar-refractivity contribution in [3.63, 3.8) is 0 Å². The van der Waals surface area contributed by atoms with Crippen molar-refractivity contribution in [1.82, 2.24) is 0 Å². The summed E-state index contributed by atoms with van der Waals surface area (Å²) in [5.74, 6) is 5.65. The molecule has 5 nitrogen and oxygen atoms in total. The normalized spacial score (nSPS) is 9.94. The molecular weight excluding hydrogens is 414 g/mol. The van der Waals surface area contributed by atoms with Gasteiger partial charge in [0, 0.05) is 16.7 Å². The number of amides is 1. The fourth-order valence-corrected chi connectivity index (χ4v) is 3.07. The molecule has 0 aliphatic rings. The summed E-state index contributed by atoms with van der Waals surface area (Å²) >= 11 is 0. The molecule has 0 aliphatic carbocycles. The van der Waals surface area contributed by atoms with Crippen LogP contribution < -0.4 is 10.1 Å². The molecule has 4 aromatic rings. The van der Waals surface area contributed by atoms with Gasteiger partial charge in [0.25, 0.3) is 5.91 Å². The molecule has 0 spiro atoms. The van der Waals surface area contributed by atoms with E-state index in [1.54, 1.807) is 36.4 Å². The Morgan fingerprint density at radius 2 is 1.30 bits per heavy atom. The molecule has 4 aromatic carbocycles. The standard InChI is InChI=1S/C28H19NO4/c30-27(22-14-16-24(17-15-22)33-23-9-5-2-6-10-23)29-26-18-13-21(19-25(26)28(31)32)12-11-20-7-3-1-4-8-20/h1-10,13-19H,(H,29,30)(H,31,32). The second-order valence-electron chi connectivity index (χ2n) is 7.08. The number of ether oxygens (including phenoxy) is 1. The van der Waals surface area contributed by atoms with Crippen LogP contribution in [-0.4, -0.2) is 17.0 Å². The predicted molar refractivity (Wildman–Crippen MR) is 127 cm³/mol. The minimum Gasteiger partial charge on any atom is -0.478 e. The third kappa shape index (κ3) is 5.66. The largest absolute Gasteiger partial charge is 0.478 e. The molecule has 0 saturated carbocycles. The van der Waals surface area contributed by atoms with Crippen molar-refractivity contribution in [1.29, 1.82) is 0 Å². The third-order valence-electron chi connectivity index (χ3n) is 4.72. The number of carboxylic acid groups (broad SMARTS) is 1. The van der Waals surface area contributed by atoms with E-state index in [-0.39, 0.29) is 11.3 Å². The lowest BCUT2D eigenvalue weighted by molar-refractivity contribution is 0.0698. The van der Waals surface area contributed by atoms with Crippen LogP contribution in [0.3, 0.4) is 0 Å². The van der Waals surface area contributed by atoms with Gasteiger partial charge in [-0.25, -0.2) is 4.79 Å². The van der Waals surface area contributed by atoms with E-state index in [2.05, 4.69) is 17.2 Å². The molecule has 2 N–H and O–H groups in total. The number of anilines is 1. The molecule has 160 valence electrons. The Morgan fingerprint density at radius 1 is 0.697 bits per heavy atom. The highest BCUT2D eigenvalue weighted by molar-refractivity contribution is 6.07. The zero-order valence-corrected chi connectivity index (χ0v) is 17.5. The summed E-state index contributed by atoms with van der Waals surface area (Å²) in [4.78, 5) is 24.4. The number of rotatable bonds is 5. The molecule has 0 saturated heterocycles. The van der Waals surface area contributed by atoms with Gasteiger partial charge in [0.2, 0.25) is 0 Å². The molecule has 1 amide bonds. The zero-order valence-electron chi connectivity index (χ0n) is 17.5. The molecule has 0 bridgehead atoms. The predicted octanol–water partition coefficient (Wildman–Crippen LogP) is 5.83. The zero-order chi connectivity index (χ0) is 23.0. The summed E-state index contributed by atoms with van der Waals surface area (Å²) in [6.07, 6.45) is 0. The Kier molecular flexibility index (Phi) is 6.48. The second kappa shape index (κ2) is 9.99. The number of nitrogens with one attached hydrogen (secondary N) is 1. The van der Waals surface area contributed by atoms with Crippen LogP contribution in [0.4, 0.5) is 5.69 Å². The van der Waals surface area contributed by atoms with Crippen LogP contribution in [0.15, 0.2) is 103 Å². The number of hydrogen-bond acceptors (Lipinski definition) is 3. The van der Waals surface area contributed by atoms with E-state index < -0.39 is 11.9 Å². The first kappa shape index (κ1) is 21.4. The Morgan fingerprint density at radius 3 is 1.97 bits per heavy atom. The van der Waals surface area contributed by atoms with Crippen LogP contribution in [0.2, 0.25) is 0 Å². The topological polar surface area (TPSA) is 75.6 Å². The number of benzene rings is 4. The molecule has 0 radical (unpaired) electrons. The average molecular weight is 433 g/mol. The third-order valence-corrected chi connectivity index (χ3v) is 4.72. The van der Waals surface area contributed by atoms with Crippen molar-refractivity contribution in [3.05, 3.63) is 125 Å². The molecule has 0 atom stereocenters. The maximum absolute atomic E-state index is 12.7. The first-order valence-electron chi connectivity index (χ1n) is 10.2. The van der Waals surface area contributed by atoms with E-state index in [0.717, 1.165) is 5.56 Å². The van der Waals surface area contributed by atoms with Gasteiger partial charge >= 0.3 is 5.97 Å². The summed E-state index contributed by atoms with van der Waals surface area (Å²) in [5, 5.41) is 12.3. The van der Waals surface area contributed by atoms with Gasteiger partial charge in [-0.3, -0.25) is 4.79 Å². The Hall–Kier alpha value is -4.82. The van der Waals surface area contributed by atoms with Crippen molar-refractivity contribution in [3.8, 4) is 23.3 Å². The maximum atomic E-state index is 12.7. The summed E-state index contributed by atoms with van der Waals surface area (Å²) < 4.78 is 5.73. The summed E-state index contributed by atoms with van der Waals surface area (Å²) in [5.41, 5.74) is 1.90. The Bertz CT molecular complexity index is 1340. The van der Waals surface area contributed by atoms with Gasteiger partial charge in [-0.05, 0) is 66.7 Å². The average Bonchev–Trinajstić information content (AvgIpc) is 2.85. The van der Waals surface area contributed by atoms with E-state index in [0.29, 0.717) is 22.6 Å². The fraction of sp³-hybridized carbons (Fsp3) is 0. The lowest BCUT2D eigenvalue weighted by Gasteiger charge is -2.10. The second-order valence-corrected chi connectivity index (χ2v) is 7.08. The molecule has 0 heterocycles. The Labute approximate surface area is 191 Å². The highest BCUT2D eigenvalue weighted by Crippen LogP contribution is 2.23. The van der Waals surface area contributed by atoms with E-state index in [1.165, 1.54) is 6.07 Å². The van der Waals surface area contributed by atoms with Crippen molar-refractivity contribution >= 4 is 17.6 Å². The van der Waals surface area contributed by atoms with Crippen LogP contribution in [0.25, 0.3) is 0 Å². The number of carbonyl (C=O) groups excluding carboxylic acids is 1. The van der Waals surface area contributed by atoms with Crippen LogP contribution in [0, 0.1) is 11.8 Å². The first-order valence-corrected chi connectivity index (χ1v) is 10.2. The molecule has 33 heavy (non-hydrogen) atoms. The van der Waals surface area contributed by atoms with Crippen molar-refractivity contribution in [2.45, 2.75) is 0 Å². The summed E-state index contributed by atoms with van der Waals surface area (Å²) in [6, 6.07) is 30.0. The van der Waals surface area contributed by atoms with Crippen LogP contribution in [0.5, 0.6) is 11.5 Å². The molecule has 0 aromatic heterocycles. The minimum absolute atomic E-state index is 0.0350. The van der Waals surface area contributed by atoms with Gasteiger partial charge in [0.15, 0.2) is 0 Å². The van der Waals surface area contributed by atoms with Gasteiger partial charge in [-0.15, -0.1) is 0 Å². The maximum Gasteiger partial charge on any atom is 0.337 e.